The Kier molecular flexibility index (Phi) is 9.24. The average molecular weight is 502 g/mol. The number of benzene rings is 1. The highest BCUT2D eigenvalue weighted by atomic mass is 16.7. The summed E-state index contributed by atoms with van der Waals surface area (Å²) in [6.45, 7) is 6.38. The van der Waals surface area contributed by atoms with Crippen LogP contribution in [0.2, 0.25) is 0 Å². The summed E-state index contributed by atoms with van der Waals surface area (Å²) in [6, 6.07) is 7.60. The number of carbonyl (C=O) groups excluding carboxylic acids is 4. The molecule has 0 bridgehead atoms. The number of hydrogen-bond acceptors (Lipinski definition) is 9. The first-order valence-electron chi connectivity index (χ1n) is 12.0. The molecule has 2 aromatic rings. The fraction of sp³-hybridized carbons (Fsp3) is 0.462. The van der Waals surface area contributed by atoms with Crippen LogP contribution < -0.4 is 0 Å². The van der Waals surface area contributed by atoms with Gasteiger partial charge in [-0.3, -0.25) is 14.4 Å². The normalized spacial score (nSPS) is 23.8. The van der Waals surface area contributed by atoms with Crippen molar-refractivity contribution in [2.24, 2.45) is 0 Å². The summed E-state index contributed by atoms with van der Waals surface area (Å²) in [7, 11) is 0. The molecule has 0 unspecified atom stereocenters. The van der Waals surface area contributed by atoms with Crippen LogP contribution in [0.1, 0.15) is 52.5 Å². The fourth-order valence-electron chi connectivity index (χ4n) is 3.74. The van der Waals surface area contributed by atoms with Crippen molar-refractivity contribution >= 4 is 40.9 Å². The monoisotopic (exact) mass is 501 g/mol. The number of rotatable bonds is 9. The molecule has 36 heavy (non-hydrogen) atoms. The molecule has 1 N–H and O–H groups in total. The van der Waals surface area contributed by atoms with E-state index in [1.807, 2.05) is 24.3 Å². The zero-order chi connectivity index (χ0) is 26.2. The smallest absolute Gasteiger partial charge is 0.333 e. The molecule has 3 rings (SSSR count). The van der Waals surface area contributed by atoms with Crippen molar-refractivity contribution < 1.29 is 42.9 Å². The van der Waals surface area contributed by atoms with Crippen LogP contribution in [0.3, 0.4) is 0 Å². The lowest BCUT2D eigenvalue weighted by Gasteiger charge is -2.43. The average Bonchev–Trinajstić information content (AvgIpc) is 3.29. The van der Waals surface area contributed by atoms with E-state index in [9.17, 15) is 19.2 Å². The Morgan fingerprint density at radius 1 is 0.861 bits per heavy atom. The SMILES string of the molecule is CCC(=O)O[C@@H]1[C@@H](OC(=O)CC)[C@H](C)O[C@@H](OC(=O)/C=C/c2c[nH]c3ccccc23)[C@@H]1OC(=O)CC. The lowest BCUT2D eigenvalue weighted by atomic mass is 9.98. The van der Waals surface area contributed by atoms with Crippen LogP contribution >= 0.6 is 0 Å². The summed E-state index contributed by atoms with van der Waals surface area (Å²) in [5.74, 6) is -2.55. The van der Waals surface area contributed by atoms with Gasteiger partial charge in [-0.2, -0.15) is 0 Å². The Morgan fingerprint density at radius 2 is 1.44 bits per heavy atom. The zero-order valence-corrected chi connectivity index (χ0v) is 20.7. The number of para-hydroxylation sites is 1. The van der Waals surface area contributed by atoms with Crippen molar-refractivity contribution in [3.63, 3.8) is 0 Å². The van der Waals surface area contributed by atoms with Crippen LogP contribution in [-0.4, -0.2) is 59.6 Å². The first kappa shape index (κ1) is 26.9. The van der Waals surface area contributed by atoms with Crippen molar-refractivity contribution in [2.45, 2.75) is 77.7 Å². The van der Waals surface area contributed by atoms with Crippen molar-refractivity contribution in [3.8, 4) is 0 Å². The number of ether oxygens (including phenoxy) is 5. The zero-order valence-electron chi connectivity index (χ0n) is 20.7. The van der Waals surface area contributed by atoms with Gasteiger partial charge < -0.3 is 28.7 Å². The number of fused-ring (bicyclic) bond motifs is 1. The highest BCUT2D eigenvalue weighted by molar-refractivity contribution is 5.94. The maximum Gasteiger partial charge on any atom is 0.333 e. The van der Waals surface area contributed by atoms with E-state index in [1.165, 1.54) is 6.08 Å². The van der Waals surface area contributed by atoms with Gasteiger partial charge in [-0.15, -0.1) is 0 Å². The van der Waals surface area contributed by atoms with Crippen LogP contribution in [-0.2, 0) is 42.9 Å². The van der Waals surface area contributed by atoms with Gasteiger partial charge in [0.05, 0.1) is 6.10 Å². The van der Waals surface area contributed by atoms with Crippen molar-refractivity contribution in [1.82, 2.24) is 4.98 Å². The molecule has 5 atom stereocenters. The Labute approximate surface area is 208 Å². The first-order valence-corrected chi connectivity index (χ1v) is 12.0. The van der Waals surface area contributed by atoms with E-state index >= 15 is 0 Å². The van der Waals surface area contributed by atoms with Crippen molar-refractivity contribution in [1.29, 1.82) is 0 Å². The van der Waals surface area contributed by atoms with Gasteiger partial charge in [-0.25, -0.2) is 4.79 Å². The standard InChI is InChI=1S/C26H31NO9/c1-5-19(28)33-23-15(4)32-26(25(35-21(30)7-3)24(23)34-20(29)6-2)36-22(31)13-12-16-14-27-18-11-9-8-10-17(16)18/h8-15,23-27H,5-7H2,1-4H3/b13-12+/t15-,23-,24+,25+,26-/m0/s1. The number of aromatic amines is 1. The van der Waals surface area contributed by atoms with Gasteiger partial charge in [0.1, 0.15) is 0 Å². The van der Waals surface area contributed by atoms with Crippen LogP contribution in [0.25, 0.3) is 17.0 Å². The molecule has 0 amide bonds. The maximum absolute atomic E-state index is 12.7. The summed E-state index contributed by atoms with van der Waals surface area (Å²) in [5.41, 5.74) is 1.69. The molecule has 1 aromatic carbocycles. The Hall–Kier alpha value is -3.66. The van der Waals surface area contributed by atoms with Gasteiger partial charge in [0.2, 0.25) is 12.4 Å². The molecule has 1 aliphatic heterocycles. The third kappa shape index (κ3) is 6.51. The van der Waals surface area contributed by atoms with Gasteiger partial charge in [-0.05, 0) is 19.1 Å². The van der Waals surface area contributed by atoms with Gasteiger partial charge in [0, 0.05) is 48.0 Å². The molecular weight excluding hydrogens is 470 g/mol. The summed E-state index contributed by atoms with van der Waals surface area (Å²) in [5, 5.41) is 0.922. The molecule has 0 radical (unpaired) electrons. The number of nitrogens with one attached hydrogen (secondary N) is 1. The minimum Gasteiger partial charge on any atom is -0.455 e. The lowest BCUT2D eigenvalue weighted by molar-refractivity contribution is -0.292. The van der Waals surface area contributed by atoms with Crippen LogP contribution in [0.15, 0.2) is 36.5 Å². The van der Waals surface area contributed by atoms with E-state index in [2.05, 4.69) is 4.98 Å². The quantitative estimate of drug-likeness (QED) is 0.312. The van der Waals surface area contributed by atoms with Gasteiger partial charge in [-0.1, -0.05) is 39.0 Å². The van der Waals surface area contributed by atoms with Gasteiger partial charge in [0.15, 0.2) is 12.2 Å². The van der Waals surface area contributed by atoms with E-state index in [1.54, 1.807) is 40.0 Å². The molecule has 10 nitrogen and oxygen atoms in total. The Balaban J connectivity index is 1.85. The molecule has 0 spiro atoms. The number of aromatic nitrogens is 1. The molecule has 1 saturated heterocycles. The lowest BCUT2D eigenvalue weighted by Crippen LogP contribution is -2.61. The second kappa shape index (κ2) is 12.3. The van der Waals surface area contributed by atoms with Crippen LogP contribution in [0.5, 0.6) is 0 Å². The molecule has 10 heteroatoms. The minimum absolute atomic E-state index is 0.0149. The van der Waals surface area contributed by atoms with E-state index < -0.39 is 54.6 Å². The van der Waals surface area contributed by atoms with Crippen molar-refractivity contribution in [2.75, 3.05) is 0 Å². The summed E-state index contributed by atoms with van der Waals surface area (Å²) >= 11 is 0. The molecule has 1 aliphatic rings. The summed E-state index contributed by atoms with van der Waals surface area (Å²) < 4.78 is 27.7. The number of hydrogen-bond donors (Lipinski definition) is 1. The van der Waals surface area contributed by atoms with Crippen molar-refractivity contribution in [3.05, 3.63) is 42.1 Å². The van der Waals surface area contributed by atoms with Crippen LogP contribution in [0.4, 0.5) is 0 Å². The largest absolute Gasteiger partial charge is 0.455 e. The highest BCUT2D eigenvalue weighted by Crippen LogP contribution is 2.30. The van der Waals surface area contributed by atoms with E-state index in [-0.39, 0.29) is 19.3 Å². The first-order chi connectivity index (χ1) is 17.3. The Bertz CT molecular complexity index is 1120. The molecule has 1 aromatic heterocycles. The summed E-state index contributed by atoms with van der Waals surface area (Å²) in [4.78, 5) is 52.3. The van der Waals surface area contributed by atoms with Crippen LogP contribution in [0, 0.1) is 0 Å². The third-order valence-electron chi connectivity index (χ3n) is 5.65. The second-order valence-corrected chi connectivity index (χ2v) is 8.19. The molecule has 0 aliphatic carbocycles. The van der Waals surface area contributed by atoms with E-state index in [4.69, 9.17) is 23.7 Å². The number of esters is 4. The van der Waals surface area contributed by atoms with E-state index in [0.717, 1.165) is 16.5 Å². The topological polar surface area (TPSA) is 130 Å². The highest BCUT2D eigenvalue weighted by Gasteiger charge is 2.52. The van der Waals surface area contributed by atoms with E-state index in [0.29, 0.717) is 0 Å². The molecular formula is C26H31NO9. The Morgan fingerprint density at radius 3 is 2.08 bits per heavy atom. The predicted octanol–water partition coefficient (Wildman–Crippen LogP) is 3.43. The molecule has 0 saturated carbocycles. The third-order valence-corrected chi connectivity index (χ3v) is 5.65. The minimum atomic E-state index is -1.40. The van der Waals surface area contributed by atoms with Gasteiger partial charge in [0.25, 0.3) is 0 Å². The fourth-order valence-corrected chi connectivity index (χ4v) is 3.74. The number of carbonyl (C=O) groups is 4. The molecule has 1 fully saturated rings. The molecule has 2 heterocycles. The maximum atomic E-state index is 12.7. The number of H-pyrrole nitrogens is 1. The van der Waals surface area contributed by atoms with Gasteiger partial charge >= 0.3 is 23.9 Å². The second-order valence-electron chi connectivity index (χ2n) is 8.19. The predicted molar refractivity (Wildman–Crippen MR) is 128 cm³/mol. The summed E-state index contributed by atoms with van der Waals surface area (Å²) in [6.07, 6.45) is -1.19. The molecule has 194 valence electrons.